The predicted molar refractivity (Wildman–Crippen MR) is 76.6 cm³/mol. The Hall–Kier alpha value is -2.51. The zero-order valence-electron chi connectivity index (χ0n) is 12.4. The Kier molecular flexibility index (Phi) is 5.25. The molecular formula is C15H16FNO6. The molecule has 0 N–H and O–H groups in total. The molecule has 0 radical (unpaired) electrons. The number of alkyl halides is 1. The molecule has 1 aromatic rings. The zero-order valence-corrected chi connectivity index (χ0v) is 12.4. The number of nitro benzene ring substituents is 1. The summed E-state index contributed by atoms with van der Waals surface area (Å²) in [6.45, 7) is 1.83. The molecule has 0 aliphatic heterocycles. The van der Waals surface area contributed by atoms with Gasteiger partial charge in [-0.3, -0.25) is 14.9 Å². The first kappa shape index (κ1) is 16.9. The molecule has 0 saturated heterocycles. The summed E-state index contributed by atoms with van der Waals surface area (Å²) in [6, 6.07) is 5.27. The number of carbonyl (C=O) groups is 2. The van der Waals surface area contributed by atoms with Crippen molar-refractivity contribution in [3.63, 3.8) is 0 Å². The van der Waals surface area contributed by atoms with Crippen molar-refractivity contribution in [2.45, 2.75) is 32.0 Å². The first-order valence-corrected chi connectivity index (χ1v) is 7.19. The Balaban J connectivity index is 2.06. The second kappa shape index (κ2) is 7.17. The molecule has 3 atom stereocenters. The summed E-state index contributed by atoms with van der Waals surface area (Å²) in [6.07, 6.45) is -2.70. The van der Waals surface area contributed by atoms with Gasteiger partial charge in [0.25, 0.3) is 5.69 Å². The molecule has 0 spiro atoms. The topological polar surface area (TPSA) is 95.7 Å². The van der Waals surface area contributed by atoms with E-state index >= 15 is 0 Å². The number of hydrogen-bond acceptors (Lipinski definition) is 6. The van der Waals surface area contributed by atoms with Crippen LogP contribution in [0.2, 0.25) is 0 Å². The van der Waals surface area contributed by atoms with Crippen molar-refractivity contribution in [3.8, 4) is 0 Å². The number of nitrogens with zero attached hydrogens (tertiary/aromatic N) is 1. The van der Waals surface area contributed by atoms with Crippen LogP contribution in [0.25, 0.3) is 0 Å². The lowest BCUT2D eigenvalue weighted by Crippen LogP contribution is -2.24. The zero-order chi connectivity index (χ0) is 17.0. The van der Waals surface area contributed by atoms with Gasteiger partial charge in [-0.05, 0) is 19.4 Å². The molecule has 0 aromatic heterocycles. The Morgan fingerprint density at radius 2 is 2.04 bits per heavy atom. The second-order valence-electron chi connectivity index (χ2n) is 5.15. The largest absolute Gasteiger partial charge is 0.466 e. The summed E-state index contributed by atoms with van der Waals surface area (Å²) >= 11 is 0. The van der Waals surface area contributed by atoms with Crippen LogP contribution in [-0.4, -0.2) is 35.7 Å². The number of carbonyl (C=O) groups excluding carboxylic acids is 2. The van der Waals surface area contributed by atoms with Gasteiger partial charge in [-0.25, -0.2) is 9.18 Å². The third-order valence-corrected chi connectivity index (χ3v) is 3.63. The van der Waals surface area contributed by atoms with Gasteiger partial charge in [0.05, 0.1) is 17.4 Å². The molecule has 0 heterocycles. The van der Waals surface area contributed by atoms with E-state index in [2.05, 4.69) is 0 Å². The van der Waals surface area contributed by atoms with Gasteiger partial charge in [-0.2, -0.15) is 0 Å². The normalized spacial score (nSPS) is 23.3. The number of halogens is 1. The Morgan fingerprint density at radius 3 is 2.70 bits per heavy atom. The highest BCUT2D eigenvalue weighted by Crippen LogP contribution is 2.32. The average Bonchev–Trinajstić information content (AvgIpc) is 2.88. The SMILES string of the molecule is CCOC(=O)C1CC(F)C(OC(=O)c2ccccc2[N+](=O)[O-])C1. The summed E-state index contributed by atoms with van der Waals surface area (Å²) in [5.74, 6) is -2.18. The van der Waals surface area contributed by atoms with Gasteiger partial charge in [0.2, 0.25) is 0 Å². The van der Waals surface area contributed by atoms with Gasteiger partial charge < -0.3 is 9.47 Å². The van der Waals surface area contributed by atoms with Crippen LogP contribution in [0.3, 0.4) is 0 Å². The van der Waals surface area contributed by atoms with Crippen LogP contribution in [-0.2, 0) is 14.3 Å². The third kappa shape index (κ3) is 3.82. The van der Waals surface area contributed by atoms with Gasteiger partial charge in [-0.1, -0.05) is 12.1 Å². The van der Waals surface area contributed by atoms with E-state index in [1.807, 2.05) is 0 Å². The number of hydrogen-bond donors (Lipinski definition) is 0. The fourth-order valence-corrected chi connectivity index (χ4v) is 2.53. The minimum absolute atomic E-state index is 0.00632. The van der Waals surface area contributed by atoms with Crippen LogP contribution in [0.1, 0.15) is 30.1 Å². The Morgan fingerprint density at radius 1 is 1.35 bits per heavy atom. The van der Waals surface area contributed by atoms with Crippen LogP contribution >= 0.6 is 0 Å². The summed E-state index contributed by atoms with van der Waals surface area (Å²) in [5.41, 5.74) is -0.655. The van der Waals surface area contributed by atoms with E-state index in [4.69, 9.17) is 9.47 Å². The number of nitro groups is 1. The van der Waals surface area contributed by atoms with Gasteiger partial charge in [0, 0.05) is 12.5 Å². The predicted octanol–water partition coefficient (Wildman–Crippen LogP) is 2.43. The van der Waals surface area contributed by atoms with Crippen molar-refractivity contribution in [3.05, 3.63) is 39.9 Å². The summed E-state index contributed by atoms with van der Waals surface area (Å²) < 4.78 is 23.8. The minimum Gasteiger partial charge on any atom is -0.466 e. The third-order valence-electron chi connectivity index (χ3n) is 3.63. The van der Waals surface area contributed by atoms with Crippen molar-refractivity contribution in [1.82, 2.24) is 0 Å². The monoisotopic (exact) mass is 325 g/mol. The van der Waals surface area contributed by atoms with Gasteiger partial charge in [-0.15, -0.1) is 0 Å². The molecule has 23 heavy (non-hydrogen) atoms. The molecule has 0 amide bonds. The molecule has 1 saturated carbocycles. The van der Waals surface area contributed by atoms with E-state index in [1.54, 1.807) is 6.92 Å². The maximum absolute atomic E-state index is 14.0. The molecular weight excluding hydrogens is 309 g/mol. The van der Waals surface area contributed by atoms with E-state index in [1.165, 1.54) is 24.3 Å². The van der Waals surface area contributed by atoms with Crippen molar-refractivity contribution < 1.29 is 28.4 Å². The lowest BCUT2D eigenvalue weighted by Gasteiger charge is -2.14. The number of ether oxygens (including phenoxy) is 2. The maximum Gasteiger partial charge on any atom is 0.345 e. The molecule has 3 unspecified atom stereocenters. The van der Waals surface area contributed by atoms with Gasteiger partial charge >= 0.3 is 11.9 Å². The number of para-hydroxylation sites is 1. The highest BCUT2D eigenvalue weighted by Gasteiger charge is 2.41. The highest BCUT2D eigenvalue weighted by atomic mass is 19.1. The Bertz CT molecular complexity index is 620. The highest BCUT2D eigenvalue weighted by molar-refractivity contribution is 5.94. The lowest BCUT2D eigenvalue weighted by atomic mass is 10.1. The molecule has 1 aliphatic carbocycles. The van der Waals surface area contributed by atoms with Gasteiger partial charge in [0.15, 0.2) is 0 Å². The second-order valence-corrected chi connectivity index (χ2v) is 5.15. The van der Waals surface area contributed by atoms with Crippen LogP contribution in [0.15, 0.2) is 24.3 Å². The number of esters is 2. The van der Waals surface area contributed by atoms with Crippen molar-refractivity contribution in [2.75, 3.05) is 6.61 Å². The van der Waals surface area contributed by atoms with Crippen LogP contribution < -0.4 is 0 Å². The fraction of sp³-hybridized carbons (Fsp3) is 0.467. The Labute approximate surface area is 131 Å². The smallest absolute Gasteiger partial charge is 0.345 e. The summed E-state index contributed by atoms with van der Waals surface area (Å²) in [5, 5.41) is 10.9. The van der Waals surface area contributed by atoms with E-state index in [0.29, 0.717) is 0 Å². The maximum atomic E-state index is 14.0. The number of rotatable bonds is 5. The van der Waals surface area contributed by atoms with E-state index < -0.39 is 40.7 Å². The minimum atomic E-state index is -1.50. The number of benzene rings is 1. The quantitative estimate of drug-likeness (QED) is 0.469. The molecule has 1 aromatic carbocycles. The van der Waals surface area contributed by atoms with Crippen molar-refractivity contribution >= 4 is 17.6 Å². The van der Waals surface area contributed by atoms with Crippen LogP contribution in [0, 0.1) is 16.0 Å². The summed E-state index contributed by atoms with van der Waals surface area (Å²) in [4.78, 5) is 33.9. The fourth-order valence-electron chi connectivity index (χ4n) is 2.53. The van der Waals surface area contributed by atoms with E-state index in [-0.39, 0.29) is 25.0 Å². The average molecular weight is 325 g/mol. The molecule has 1 aliphatic rings. The summed E-state index contributed by atoms with van der Waals surface area (Å²) in [7, 11) is 0. The van der Waals surface area contributed by atoms with E-state index in [0.717, 1.165) is 0 Å². The van der Waals surface area contributed by atoms with Crippen LogP contribution in [0.4, 0.5) is 10.1 Å². The molecule has 0 bridgehead atoms. The standard InChI is InChI=1S/C15H16FNO6/c1-2-22-14(18)9-7-11(16)13(8-9)23-15(19)10-5-3-4-6-12(10)17(20)21/h3-6,9,11,13H,2,7-8H2,1H3. The van der Waals surface area contributed by atoms with Gasteiger partial charge in [0.1, 0.15) is 17.8 Å². The van der Waals surface area contributed by atoms with Crippen molar-refractivity contribution in [1.29, 1.82) is 0 Å². The molecule has 124 valence electrons. The lowest BCUT2D eigenvalue weighted by molar-refractivity contribution is -0.385. The molecule has 2 rings (SSSR count). The molecule has 7 nitrogen and oxygen atoms in total. The molecule has 8 heteroatoms. The van der Waals surface area contributed by atoms with Crippen LogP contribution in [0.5, 0.6) is 0 Å². The first-order valence-electron chi connectivity index (χ1n) is 7.19. The molecule has 1 fully saturated rings. The van der Waals surface area contributed by atoms with Crippen molar-refractivity contribution in [2.24, 2.45) is 5.92 Å². The van der Waals surface area contributed by atoms with E-state index in [9.17, 15) is 24.1 Å². The first-order chi connectivity index (χ1) is 10.9.